The van der Waals surface area contributed by atoms with Crippen LogP contribution in [0.4, 0.5) is 0 Å². The number of hydrogen-bond acceptors (Lipinski definition) is 1. The molecule has 0 bridgehead atoms. The van der Waals surface area contributed by atoms with Crippen LogP contribution in [0.15, 0.2) is 36.4 Å². The van der Waals surface area contributed by atoms with Crippen LogP contribution in [0.2, 0.25) is 0 Å². The van der Waals surface area contributed by atoms with Crippen molar-refractivity contribution in [2.75, 3.05) is 0 Å². The zero-order chi connectivity index (χ0) is 11.2. The Morgan fingerprint density at radius 2 is 2.00 bits per heavy atom. The molecule has 0 aliphatic heterocycles. The van der Waals surface area contributed by atoms with Crippen molar-refractivity contribution < 1.29 is 4.79 Å². The van der Waals surface area contributed by atoms with Crippen molar-refractivity contribution >= 4 is 17.1 Å². The van der Waals surface area contributed by atoms with E-state index in [1.165, 1.54) is 21.9 Å². The number of carbonyl (C=O) groups excluding carboxylic acids is 1. The summed E-state index contributed by atoms with van der Waals surface area (Å²) in [6.07, 6.45) is 3.14. The van der Waals surface area contributed by atoms with Gasteiger partial charge in [-0.15, -0.1) is 0 Å². The highest BCUT2D eigenvalue weighted by molar-refractivity contribution is 5.91. The second kappa shape index (κ2) is 3.18. The summed E-state index contributed by atoms with van der Waals surface area (Å²) in [6.45, 7) is 2.09. The monoisotopic (exact) mass is 210 g/mol. The molecule has 2 aromatic carbocycles. The van der Waals surface area contributed by atoms with Crippen molar-refractivity contribution in [2.45, 2.75) is 25.2 Å². The molecule has 1 aliphatic carbocycles. The first-order valence-corrected chi connectivity index (χ1v) is 5.71. The van der Waals surface area contributed by atoms with Crippen molar-refractivity contribution in [1.82, 2.24) is 0 Å². The molecule has 1 fully saturated rings. The van der Waals surface area contributed by atoms with Crippen molar-refractivity contribution in [2.24, 2.45) is 0 Å². The first-order valence-electron chi connectivity index (χ1n) is 5.71. The van der Waals surface area contributed by atoms with E-state index < -0.39 is 0 Å². The molecule has 16 heavy (non-hydrogen) atoms. The van der Waals surface area contributed by atoms with Gasteiger partial charge in [0.25, 0.3) is 0 Å². The van der Waals surface area contributed by atoms with Crippen molar-refractivity contribution in [1.29, 1.82) is 0 Å². The van der Waals surface area contributed by atoms with Gasteiger partial charge >= 0.3 is 0 Å². The summed E-state index contributed by atoms with van der Waals surface area (Å²) in [6, 6.07) is 12.7. The fraction of sp³-hybridized carbons (Fsp3) is 0.267. The molecule has 1 nitrogen and oxygen atoms in total. The summed E-state index contributed by atoms with van der Waals surface area (Å²) in [7, 11) is 0. The maximum absolute atomic E-state index is 11.2. The van der Waals surface area contributed by atoms with Gasteiger partial charge in [0.1, 0.15) is 6.29 Å². The number of hydrogen-bond donors (Lipinski definition) is 0. The van der Waals surface area contributed by atoms with E-state index in [2.05, 4.69) is 43.3 Å². The van der Waals surface area contributed by atoms with E-state index in [1.807, 2.05) is 0 Å². The molecule has 0 aromatic heterocycles. The standard InChI is InChI=1S/C15H14O/c1-11-5-6-12-3-2-4-14(13(12)9-11)15(10-16)7-8-15/h2-6,9-10H,7-8H2,1H3. The van der Waals surface area contributed by atoms with Gasteiger partial charge in [-0.1, -0.05) is 42.0 Å². The van der Waals surface area contributed by atoms with Gasteiger partial charge in [-0.3, -0.25) is 0 Å². The largest absolute Gasteiger partial charge is 0.302 e. The van der Waals surface area contributed by atoms with E-state index in [-0.39, 0.29) is 5.41 Å². The molecule has 0 N–H and O–H groups in total. The summed E-state index contributed by atoms with van der Waals surface area (Å²) >= 11 is 0. The summed E-state index contributed by atoms with van der Waals surface area (Å²) in [5.74, 6) is 0. The lowest BCUT2D eigenvalue weighted by atomic mass is 9.91. The molecule has 0 heterocycles. The Bertz CT molecular complexity index is 565. The van der Waals surface area contributed by atoms with Crippen LogP contribution >= 0.6 is 0 Å². The third-order valence-corrected chi connectivity index (χ3v) is 3.59. The van der Waals surface area contributed by atoms with Crippen LogP contribution in [-0.4, -0.2) is 6.29 Å². The second-order valence-corrected chi connectivity index (χ2v) is 4.80. The number of carbonyl (C=O) groups is 1. The Morgan fingerprint density at radius 3 is 2.69 bits per heavy atom. The molecule has 0 saturated heterocycles. The van der Waals surface area contributed by atoms with E-state index in [1.54, 1.807) is 0 Å². The molecule has 0 amide bonds. The van der Waals surface area contributed by atoms with E-state index in [0.29, 0.717) is 0 Å². The van der Waals surface area contributed by atoms with Gasteiger partial charge < -0.3 is 4.79 Å². The molecular formula is C15H14O. The summed E-state index contributed by atoms with van der Waals surface area (Å²) in [4.78, 5) is 11.2. The molecule has 3 rings (SSSR count). The van der Waals surface area contributed by atoms with Crippen LogP contribution in [-0.2, 0) is 10.2 Å². The summed E-state index contributed by atoms with van der Waals surface area (Å²) in [5.41, 5.74) is 2.29. The van der Waals surface area contributed by atoms with Gasteiger partial charge in [0, 0.05) is 0 Å². The van der Waals surface area contributed by atoms with Gasteiger partial charge in [-0.05, 0) is 36.1 Å². The highest BCUT2D eigenvalue weighted by atomic mass is 16.1. The number of benzene rings is 2. The molecular weight excluding hydrogens is 196 g/mol. The smallest absolute Gasteiger partial charge is 0.130 e. The average Bonchev–Trinajstić information content (AvgIpc) is 3.09. The minimum absolute atomic E-state index is 0.173. The topological polar surface area (TPSA) is 17.1 Å². The van der Waals surface area contributed by atoms with Crippen molar-refractivity contribution in [3.8, 4) is 0 Å². The van der Waals surface area contributed by atoms with E-state index >= 15 is 0 Å². The Kier molecular flexibility index (Phi) is 1.90. The van der Waals surface area contributed by atoms with Gasteiger partial charge in [0.05, 0.1) is 5.41 Å². The van der Waals surface area contributed by atoms with E-state index in [4.69, 9.17) is 0 Å². The van der Waals surface area contributed by atoms with Gasteiger partial charge in [0.15, 0.2) is 0 Å². The fourth-order valence-electron chi connectivity index (χ4n) is 2.41. The van der Waals surface area contributed by atoms with Crippen LogP contribution in [0.5, 0.6) is 0 Å². The van der Waals surface area contributed by atoms with Gasteiger partial charge in [-0.2, -0.15) is 0 Å². The summed E-state index contributed by atoms with van der Waals surface area (Å²) < 4.78 is 0. The van der Waals surface area contributed by atoms with Crippen molar-refractivity contribution in [3.63, 3.8) is 0 Å². The fourth-order valence-corrected chi connectivity index (χ4v) is 2.41. The predicted molar refractivity (Wildman–Crippen MR) is 65.7 cm³/mol. The van der Waals surface area contributed by atoms with Gasteiger partial charge in [0.2, 0.25) is 0 Å². The molecule has 0 unspecified atom stereocenters. The first-order chi connectivity index (χ1) is 7.75. The highest BCUT2D eigenvalue weighted by Gasteiger charge is 2.45. The second-order valence-electron chi connectivity index (χ2n) is 4.80. The highest BCUT2D eigenvalue weighted by Crippen LogP contribution is 2.48. The lowest BCUT2D eigenvalue weighted by Gasteiger charge is -2.12. The van der Waals surface area contributed by atoms with Crippen LogP contribution in [0.3, 0.4) is 0 Å². The minimum atomic E-state index is -0.173. The number of fused-ring (bicyclic) bond motifs is 1. The number of rotatable bonds is 2. The van der Waals surface area contributed by atoms with Crippen LogP contribution in [0.25, 0.3) is 10.8 Å². The Labute approximate surface area is 95.1 Å². The molecule has 0 spiro atoms. The summed E-state index contributed by atoms with van der Waals surface area (Å²) in [5, 5.41) is 2.48. The lowest BCUT2D eigenvalue weighted by Crippen LogP contribution is -2.08. The Balaban J connectivity index is 2.32. The third-order valence-electron chi connectivity index (χ3n) is 3.59. The molecule has 1 aliphatic rings. The van der Waals surface area contributed by atoms with E-state index in [0.717, 1.165) is 19.1 Å². The zero-order valence-corrected chi connectivity index (χ0v) is 9.36. The molecule has 2 aromatic rings. The quantitative estimate of drug-likeness (QED) is 0.694. The number of aldehydes is 1. The predicted octanol–water partition coefficient (Wildman–Crippen LogP) is 3.38. The Hall–Kier alpha value is -1.63. The average molecular weight is 210 g/mol. The van der Waals surface area contributed by atoms with Crippen LogP contribution in [0, 0.1) is 6.92 Å². The van der Waals surface area contributed by atoms with Crippen LogP contribution < -0.4 is 0 Å². The number of aryl methyl sites for hydroxylation is 1. The maximum atomic E-state index is 11.2. The lowest BCUT2D eigenvalue weighted by molar-refractivity contribution is -0.109. The van der Waals surface area contributed by atoms with Gasteiger partial charge in [-0.25, -0.2) is 0 Å². The molecule has 0 radical (unpaired) electrons. The molecule has 1 heteroatoms. The first kappa shape index (κ1) is 9.59. The molecule has 80 valence electrons. The molecule has 0 atom stereocenters. The normalized spacial score (nSPS) is 17.3. The van der Waals surface area contributed by atoms with Crippen molar-refractivity contribution in [3.05, 3.63) is 47.5 Å². The zero-order valence-electron chi connectivity index (χ0n) is 9.36. The van der Waals surface area contributed by atoms with E-state index in [9.17, 15) is 4.79 Å². The minimum Gasteiger partial charge on any atom is -0.302 e. The Morgan fingerprint density at radius 1 is 1.19 bits per heavy atom. The third kappa shape index (κ3) is 1.28. The SMILES string of the molecule is Cc1ccc2cccc(C3(C=O)CC3)c2c1. The maximum Gasteiger partial charge on any atom is 0.130 e. The van der Waals surface area contributed by atoms with Crippen LogP contribution in [0.1, 0.15) is 24.0 Å². The molecule has 1 saturated carbocycles.